The molecular weight excluding hydrogens is 352 g/mol. The zero-order valence-corrected chi connectivity index (χ0v) is 15.6. The van der Waals surface area contributed by atoms with E-state index in [2.05, 4.69) is 0 Å². The number of rotatable bonds is 2. The van der Waals surface area contributed by atoms with Gasteiger partial charge in [-0.25, -0.2) is 8.42 Å². The van der Waals surface area contributed by atoms with Crippen LogP contribution in [-0.4, -0.2) is 8.42 Å². The standard InChI is InChI=1S/C24H18O2S/c1-16-21-22(17-10-4-2-5-11-17)19-14-8-9-15-20(19)23(24(21)27(16,25)26)18-12-6-3-7-13-18/h2-16H,1H3/i16D. The highest BCUT2D eigenvalue weighted by molar-refractivity contribution is 7.93. The molecule has 5 rings (SSSR count). The van der Waals surface area contributed by atoms with Gasteiger partial charge >= 0.3 is 0 Å². The topological polar surface area (TPSA) is 34.1 Å². The maximum absolute atomic E-state index is 13.2. The summed E-state index contributed by atoms with van der Waals surface area (Å²) in [4.78, 5) is 0.300. The lowest BCUT2D eigenvalue weighted by molar-refractivity contribution is 0.572. The van der Waals surface area contributed by atoms with E-state index < -0.39 is 15.1 Å². The molecule has 0 aliphatic carbocycles. The van der Waals surface area contributed by atoms with Gasteiger partial charge < -0.3 is 0 Å². The van der Waals surface area contributed by atoms with Crippen molar-refractivity contribution >= 4 is 20.6 Å². The molecule has 3 heteroatoms. The second-order valence-corrected chi connectivity index (χ2v) is 8.82. The van der Waals surface area contributed by atoms with Crippen molar-refractivity contribution < 1.29 is 9.79 Å². The summed E-state index contributed by atoms with van der Waals surface area (Å²) in [6.45, 7) is 1.49. The Morgan fingerprint density at radius 1 is 0.704 bits per heavy atom. The quantitative estimate of drug-likeness (QED) is 0.432. The summed E-state index contributed by atoms with van der Waals surface area (Å²) in [6, 6.07) is 27.3. The van der Waals surface area contributed by atoms with Crippen LogP contribution in [0.25, 0.3) is 33.0 Å². The number of fused-ring (bicyclic) bond motifs is 2. The highest BCUT2D eigenvalue weighted by atomic mass is 32.2. The van der Waals surface area contributed by atoms with Gasteiger partial charge in [-0.3, -0.25) is 0 Å². The van der Waals surface area contributed by atoms with Gasteiger partial charge in [0.2, 0.25) is 0 Å². The maximum Gasteiger partial charge on any atom is 0.186 e. The van der Waals surface area contributed by atoms with Gasteiger partial charge in [-0.15, -0.1) is 0 Å². The van der Waals surface area contributed by atoms with E-state index in [0.717, 1.165) is 27.5 Å². The molecule has 0 amide bonds. The minimum Gasteiger partial charge on any atom is -0.223 e. The van der Waals surface area contributed by atoms with Crippen molar-refractivity contribution in [3.63, 3.8) is 0 Å². The highest BCUT2D eigenvalue weighted by Gasteiger charge is 2.45. The van der Waals surface area contributed by atoms with Gasteiger partial charge in [-0.2, -0.15) is 0 Å². The molecule has 0 aromatic heterocycles. The number of sulfone groups is 1. The highest BCUT2D eigenvalue weighted by Crippen LogP contribution is 2.55. The molecule has 2 nitrogen and oxygen atoms in total. The minimum absolute atomic E-state index is 0.300. The fourth-order valence-electron chi connectivity index (χ4n) is 4.06. The number of hydrogen-bond acceptors (Lipinski definition) is 2. The van der Waals surface area contributed by atoms with Crippen LogP contribution in [0.3, 0.4) is 0 Å². The summed E-state index contributed by atoms with van der Waals surface area (Å²) in [6.07, 6.45) is 0. The zero-order valence-electron chi connectivity index (χ0n) is 15.8. The fraction of sp³-hybridized carbons (Fsp3) is 0.0833. The van der Waals surface area contributed by atoms with E-state index in [1.165, 1.54) is 6.92 Å². The van der Waals surface area contributed by atoms with E-state index in [1.54, 1.807) is 0 Å². The van der Waals surface area contributed by atoms with E-state index in [4.69, 9.17) is 1.37 Å². The summed E-state index contributed by atoms with van der Waals surface area (Å²) in [5, 5.41) is 0.200. The van der Waals surface area contributed by atoms with Crippen LogP contribution in [0.2, 0.25) is 0 Å². The third-order valence-corrected chi connectivity index (χ3v) is 7.27. The molecule has 27 heavy (non-hydrogen) atoms. The molecule has 0 saturated heterocycles. The first-order valence-electron chi connectivity index (χ1n) is 9.39. The zero-order chi connectivity index (χ0) is 19.5. The summed E-state index contributed by atoms with van der Waals surface area (Å²) in [7, 11) is -3.75. The molecule has 0 N–H and O–H groups in total. The van der Waals surface area contributed by atoms with Crippen molar-refractivity contribution in [2.75, 3.05) is 0 Å². The fourth-order valence-corrected chi connectivity index (χ4v) is 5.70. The van der Waals surface area contributed by atoms with Crippen molar-refractivity contribution in [1.29, 1.82) is 0 Å². The largest absolute Gasteiger partial charge is 0.223 e. The Labute approximate surface area is 160 Å². The second kappa shape index (κ2) is 5.80. The lowest BCUT2D eigenvalue weighted by Crippen LogP contribution is -2.26. The molecular formula is C24H18O2S. The van der Waals surface area contributed by atoms with Crippen LogP contribution in [0.1, 0.15) is 19.1 Å². The lowest BCUT2D eigenvalue weighted by atomic mass is 9.86. The number of hydrogen-bond donors (Lipinski definition) is 0. The van der Waals surface area contributed by atoms with Crippen LogP contribution in [0.4, 0.5) is 0 Å². The van der Waals surface area contributed by atoms with Crippen LogP contribution >= 0.6 is 0 Å². The van der Waals surface area contributed by atoms with Crippen LogP contribution in [-0.2, 0) is 9.84 Å². The van der Waals surface area contributed by atoms with Crippen LogP contribution < -0.4 is 0 Å². The van der Waals surface area contributed by atoms with Crippen molar-refractivity contribution in [2.45, 2.75) is 17.0 Å². The Kier molecular flexibility index (Phi) is 3.26. The number of benzene rings is 4. The van der Waals surface area contributed by atoms with Gasteiger partial charge in [0.1, 0.15) is 0 Å². The first-order valence-corrected chi connectivity index (χ1v) is 10.4. The van der Waals surface area contributed by atoms with Crippen molar-refractivity contribution in [3.8, 4) is 22.3 Å². The first kappa shape index (κ1) is 15.2. The van der Waals surface area contributed by atoms with Crippen LogP contribution in [0.15, 0.2) is 89.8 Å². The smallest absolute Gasteiger partial charge is 0.186 e. The van der Waals surface area contributed by atoms with Gasteiger partial charge in [0, 0.05) is 5.56 Å². The lowest BCUT2D eigenvalue weighted by Gasteiger charge is -2.34. The predicted molar refractivity (Wildman–Crippen MR) is 110 cm³/mol. The predicted octanol–water partition coefficient (Wildman–Crippen LogP) is 6.02. The Bertz CT molecular complexity index is 1330. The average Bonchev–Trinajstić information content (AvgIpc) is 2.73. The Morgan fingerprint density at radius 3 is 1.70 bits per heavy atom. The molecule has 0 spiro atoms. The third kappa shape index (κ3) is 2.22. The van der Waals surface area contributed by atoms with Crippen molar-refractivity contribution in [3.05, 3.63) is 90.5 Å². The summed E-state index contributed by atoms with van der Waals surface area (Å²) in [5.74, 6) is 0. The Hall–Kier alpha value is -2.91. The van der Waals surface area contributed by atoms with Gasteiger partial charge in [0.25, 0.3) is 0 Å². The molecule has 1 heterocycles. The molecule has 4 aromatic carbocycles. The third-order valence-electron chi connectivity index (χ3n) is 5.32. The second-order valence-electron chi connectivity index (χ2n) is 6.79. The molecule has 132 valence electrons. The van der Waals surface area contributed by atoms with Crippen molar-refractivity contribution in [2.24, 2.45) is 0 Å². The molecule has 0 bridgehead atoms. The Morgan fingerprint density at radius 2 is 1.15 bits per heavy atom. The molecule has 1 unspecified atom stereocenters. The molecule has 0 fully saturated rings. The van der Waals surface area contributed by atoms with Crippen LogP contribution in [0.5, 0.6) is 0 Å². The normalized spacial score (nSPS) is 20.6. The SMILES string of the molecule is [2H]C1(C)c2c(c(-c3ccccc3)c3ccccc3c2-c2ccccc2)S1(=O)=O. The molecule has 1 aliphatic heterocycles. The average molecular weight is 371 g/mol. The molecule has 0 radical (unpaired) electrons. The van der Waals surface area contributed by atoms with E-state index in [0.29, 0.717) is 16.0 Å². The summed E-state index contributed by atoms with van der Waals surface area (Å²) >= 11 is 0. The van der Waals surface area contributed by atoms with E-state index in [9.17, 15) is 8.42 Å². The van der Waals surface area contributed by atoms with Gasteiger partial charge in [-0.05, 0) is 39.9 Å². The van der Waals surface area contributed by atoms with E-state index >= 15 is 0 Å². The van der Waals surface area contributed by atoms with Crippen LogP contribution in [0, 0.1) is 0 Å². The minimum atomic E-state index is -3.75. The molecule has 0 saturated carbocycles. The Balaban J connectivity index is 2.05. The van der Waals surface area contributed by atoms with Gasteiger partial charge in [0.05, 0.1) is 11.5 Å². The molecule has 4 aromatic rings. The molecule has 1 atom stereocenters. The van der Waals surface area contributed by atoms with E-state index in [1.807, 2.05) is 84.9 Å². The summed E-state index contributed by atoms with van der Waals surface area (Å²) in [5.41, 5.74) is 3.93. The monoisotopic (exact) mass is 371 g/mol. The van der Waals surface area contributed by atoms with E-state index in [-0.39, 0.29) is 0 Å². The summed E-state index contributed by atoms with van der Waals surface area (Å²) < 4.78 is 35.1. The van der Waals surface area contributed by atoms with Crippen molar-refractivity contribution in [1.82, 2.24) is 0 Å². The maximum atomic E-state index is 13.2. The first-order chi connectivity index (χ1) is 13.4. The van der Waals surface area contributed by atoms with Gasteiger partial charge in [0.15, 0.2) is 9.84 Å². The van der Waals surface area contributed by atoms with Gasteiger partial charge in [-0.1, -0.05) is 84.9 Å². The molecule has 1 aliphatic rings.